The molecule has 0 rings (SSSR count). The Bertz CT molecular complexity index is 158. The van der Waals surface area contributed by atoms with Crippen molar-refractivity contribution in [2.45, 2.75) is 65.0 Å². The standard InChI is InChI=1S/C12H27NS/c1-8(2)10(4)14-11(9(3)13)12(5,6)7/h8-11H,13H2,1-7H3. The van der Waals surface area contributed by atoms with Crippen molar-refractivity contribution in [3.05, 3.63) is 0 Å². The maximum atomic E-state index is 6.05. The third-order valence-corrected chi connectivity index (χ3v) is 5.03. The molecular formula is C12H27NS. The minimum atomic E-state index is 0.265. The summed E-state index contributed by atoms with van der Waals surface area (Å²) >= 11 is 2.04. The van der Waals surface area contributed by atoms with Crippen molar-refractivity contribution in [3.63, 3.8) is 0 Å². The first-order valence-electron chi connectivity index (χ1n) is 5.57. The van der Waals surface area contributed by atoms with E-state index in [1.54, 1.807) is 0 Å². The summed E-state index contributed by atoms with van der Waals surface area (Å²) in [6, 6.07) is 0.265. The molecule has 0 fully saturated rings. The van der Waals surface area contributed by atoms with Gasteiger partial charge in [0.1, 0.15) is 0 Å². The molecule has 14 heavy (non-hydrogen) atoms. The summed E-state index contributed by atoms with van der Waals surface area (Å²) < 4.78 is 0. The van der Waals surface area contributed by atoms with Crippen LogP contribution in [0.2, 0.25) is 0 Å². The van der Waals surface area contributed by atoms with Gasteiger partial charge in [0, 0.05) is 16.5 Å². The zero-order valence-corrected chi connectivity index (χ0v) is 11.6. The van der Waals surface area contributed by atoms with E-state index in [0.29, 0.717) is 15.9 Å². The Morgan fingerprint density at radius 2 is 1.43 bits per heavy atom. The third-order valence-electron chi connectivity index (χ3n) is 2.63. The first kappa shape index (κ1) is 14.3. The van der Waals surface area contributed by atoms with Crippen molar-refractivity contribution < 1.29 is 0 Å². The third kappa shape index (κ3) is 4.70. The highest BCUT2D eigenvalue weighted by molar-refractivity contribution is 8.00. The van der Waals surface area contributed by atoms with E-state index in [1.165, 1.54) is 0 Å². The monoisotopic (exact) mass is 217 g/mol. The number of thioether (sulfide) groups is 1. The summed E-state index contributed by atoms with van der Waals surface area (Å²) in [5, 5.41) is 1.23. The van der Waals surface area contributed by atoms with E-state index in [1.807, 2.05) is 11.8 Å². The molecule has 0 amide bonds. The van der Waals surface area contributed by atoms with Crippen molar-refractivity contribution in [2.75, 3.05) is 0 Å². The molecule has 0 aromatic rings. The van der Waals surface area contributed by atoms with E-state index in [0.717, 1.165) is 5.92 Å². The van der Waals surface area contributed by atoms with Crippen molar-refractivity contribution in [3.8, 4) is 0 Å². The van der Waals surface area contributed by atoms with Gasteiger partial charge in [-0.25, -0.2) is 0 Å². The second-order valence-electron chi connectivity index (χ2n) is 5.73. The van der Waals surface area contributed by atoms with Crippen LogP contribution in [0, 0.1) is 11.3 Å². The molecule has 3 atom stereocenters. The fourth-order valence-electron chi connectivity index (χ4n) is 1.51. The minimum absolute atomic E-state index is 0.265. The Labute approximate surface area is 94.2 Å². The van der Waals surface area contributed by atoms with Gasteiger partial charge in [-0.2, -0.15) is 11.8 Å². The molecule has 0 saturated heterocycles. The van der Waals surface area contributed by atoms with E-state index < -0.39 is 0 Å². The van der Waals surface area contributed by atoms with Crippen LogP contribution >= 0.6 is 11.8 Å². The van der Waals surface area contributed by atoms with Crippen LogP contribution in [-0.4, -0.2) is 16.5 Å². The summed E-state index contributed by atoms with van der Waals surface area (Å²) in [7, 11) is 0. The molecule has 3 unspecified atom stereocenters. The normalized spacial score (nSPS) is 19.5. The Balaban J connectivity index is 4.40. The zero-order chi connectivity index (χ0) is 11.5. The van der Waals surface area contributed by atoms with Crippen molar-refractivity contribution >= 4 is 11.8 Å². The lowest BCUT2D eigenvalue weighted by Crippen LogP contribution is -2.40. The van der Waals surface area contributed by atoms with Gasteiger partial charge in [-0.1, -0.05) is 41.5 Å². The number of hydrogen-bond acceptors (Lipinski definition) is 2. The molecule has 86 valence electrons. The predicted molar refractivity (Wildman–Crippen MR) is 68.8 cm³/mol. The first-order valence-corrected chi connectivity index (χ1v) is 6.51. The van der Waals surface area contributed by atoms with Crippen LogP contribution < -0.4 is 5.73 Å². The van der Waals surface area contributed by atoms with Crippen LogP contribution in [0.5, 0.6) is 0 Å². The summed E-state index contributed by atoms with van der Waals surface area (Å²) in [6.45, 7) is 15.8. The fourth-order valence-corrected chi connectivity index (χ4v) is 2.94. The summed E-state index contributed by atoms with van der Waals surface area (Å²) in [5.74, 6) is 0.726. The summed E-state index contributed by atoms with van der Waals surface area (Å²) in [6.07, 6.45) is 0. The van der Waals surface area contributed by atoms with Gasteiger partial charge >= 0.3 is 0 Å². The maximum absolute atomic E-state index is 6.05. The Hall–Kier alpha value is 0.310. The lowest BCUT2D eigenvalue weighted by atomic mass is 9.88. The molecule has 0 spiro atoms. The SMILES string of the molecule is CC(C)C(C)SC(C(C)N)C(C)(C)C. The molecular weight excluding hydrogens is 190 g/mol. The second-order valence-corrected chi connectivity index (χ2v) is 7.25. The van der Waals surface area contributed by atoms with Gasteiger partial charge < -0.3 is 5.73 Å². The molecule has 0 saturated carbocycles. The topological polar surface area (TPSA) is 26.0 Å². The van der Waals surface area contributed by atoms with Crippen LogP contribution in [0.25, 0.3) is 0 Å². The molecule has 0 heterocycles. The summed E-state index contributed by atoms with van der Waals surface area (Å²) in [4.78, 5) is 0. The molecule has 0 aromatic carbocycles. The van der Waals surface area contributed by atoms with E-state index in [-0.39, 0.29) is 6.04 Å². The van der Waals surface area contributed by atoms with E-state index in [9.17, 15) is 0 Å². The van der Waals surface area contributed by atoms with Gasteiger partial charge in [-0.3, -0.25) is 0 Å². The largest absolute Gasteiger partial charge is 0.327 e. The van der Waals surface area contributed by atoms with Gasteiger partial charge in [0.2, 0.25) is 0 Å². The average Bonchev–Trinajstić information content (AvgIpc) is 1.96. The van der Waals surface area contributed by atoms with Crippen LogP contribution in [0.15, 0.2) is 0 Å². The highest BCUT2D eigenvalue weighted by atomic mass is 32.2. The highest BCUT2D eigenvalue weighted by Gasteiger charge is 2.30. The Kier molecular flexibility index (Phi) is 5.53. The number of hydrogen-bond donors (Lipinski definition) is 1. The molecule has 1 nitrogen and oxygen atoms in total. The maximum Gasteiger partial charge on any atom is 0.0247 e. The Morgan fingerprint density at radius 3 is 1.64 bits per heavy atom. The first-order chi connectivity index (χ1) is 6.16. The van der Waals surface area contributed by atoms with Gasteiger partial charge in [0.05, 0.1) is 0 Å². The van der Waals surface area contributed by atoms with Crippen LogP contribution in [0.4, 0.5) is 0 Å². The molecule has 0 aromatic heterocycles. The zero-order valence-electron chi connectivity index (χ0n) is 10.8. The summed E-state index contributed by atoms with van der Waals surface area (Å²) in [5.41, 5.74) is 6.34. The number of rotatable bonds is 4. The van der Waals surface area contributed by atoms with Crippen LogP contribution in [0.3, 0.4) is 0 Å². The molecule has 0 aliphatic rings. The van der Waals surface area contributed by atoms with Crippen molar-refractivity contribution in [1.82, 2.24) is 0 Å². The van der Waals surface area contributed by atoms with Crippen LogP contribution in [-0.2, 0) is 0 Å². The van der Waals surface area contributed by atoms with Gasteiger partial charge in [-0.05, 0) is 18.3 Å². The smallest absolute Gasteiger partial charge is 0.0247 e. The van der Waals surface area contributed by atoms with E-state index >= 15 is 0 Å². The minimum Gasteiger partial charge on any atom is -0.327 e. The van der Waals surface area contributed by atoms with Crippen molar-refractivity contribution in [2.24, 2.45) is 17.1 Å². The van der Waals surface area contributed by atoms with Crippen molar-refractivity contribution in [1.29, 1.82) is 0 Å². The predicted octanol–water partition coefficient (Wildman–Crippen LogP) is 3.53. The number of nitrogens with two attached hydrogens (primary N) is 1. The second kappa shape index (κ2) is 5.41. The van der Waals surface area contributed by atoms with E-state index in [4.69, 9.17) is 5.73 Å². The average molecular weight is 217 g/mol. The Morgan fingerprint density at radius 1 is 1.00 bits per heavy atom. The lowest BCUT2D eigenvalue weighted by molar-refractivity contribution is 0.362. The fraction of sp³-hybridized carbons (Fsp3) is 1.00. The molecule has 0 aliphatic carbocycles. The van der Waals surface area contributed by atoms with E-state index in [2.05, 4.69) is 48.5 Å². The van der Waals surface area contributed by atoms with Crippen LogP contribution in [0.1, 0.15) is 48.5 Å². The lowest BCUT2D eigenvalue weighted by Gasteiger charge is -2.36. The quantitative estimate of drug-likeness (QED) is 0.779. The molecule has 0 aliphatic heterocycles. The molecule has 0 radical (unpaired) electrons. The van der Waals surface area contributed by atoms with Gasteiger partial charge in [-0.15, -0.1) is 0 Å². The van der Waals surface area contributed by atoms with Gasteiger partial charge in [0.25, 0.3) is 0 Å². The molecule has 2 N–H and O–H groups in total. The van der Waals surface area contributed by atoms with Gasteiger partial charge in [0.15, 0.2) is 0 Å². The molecule has 2 heteroatoms. The highest BCUT2D eigenvalue weighted by Crippen LogP contribution is 2.36. The molecule has 0 bridgehead atoms.